The van der Waals surface area contributed by atoms with E-state index in [1.54, 1.807) is 13.8 Å². The Hall–Kier alpha value is -1.80. The first-order valence-electron chi connectivity index (χ1n) is 7.83. The Kier molecular flexibility index (Phi) is 5.39. The summed E-state index contributed by atoms with van der Waals surface area (Å²) in [5, 5.41) is 0. The zero-order valence-electron chi connectivity index (χ0n) is 14.2. The third-order valence-electron chi connectivity index (χ3n) is 3.95. The molecule has 2 rings (SSSR count). The molecule has 2 aliphatic rings. The maximum Gasteiger partial charge on any atom is 0.338 e. The number of ketones is 2. The monoisotopic (exact) mass is 342 g/mol. The van der Waals surface area contributed by atoms with Crippen molar-refractivity contribution in [3.05, 3.63) is 0 Å². The Labute approximate surface area is 139 Å². The fourth-order valence-corrected chi connectivity index (χ4v) is 2.75. The summed E-state index contributed by atoms with van der Waals surface area (Å²) >= 11 is 0. The summed E-state index contributed by atoms with van der Waals surface area (Å²) in [6.07, 6.45) is -2.06. The summed E-state index contributed by atoms with van der Waals surface area (Å²) in [4.78, 5) is 46.4. The first-order valence-corrected chi connectivity index (χ1v) is 7.83. The highest BCUT2D eigenvalue weighted by molar-refractivity contribution is 5.98. The molecule has 0 aromatic carbocycles. The summed E-state index contributed by atoms with van der Waals surface area (Å²) in [7, 11) is 0. The number of fused-ring (bicyclic) bond motifs is 1. The molecule has 0 spiro atoms. The quantitative estimate of drug-likeness (QED) is 0.488. The van der Waals surface area contributed by atoms with Crippen LogP contribution in [0.4, 0.5) is 0 Å². The van der Waals surface area contributed by atoms with Gasteiger partial charge in [-0.1, -0.05) is 0 Å². The highest BCUT2D eigenvalue weighted by Gasteiger charge is 2.56. The van der Waals surface area contributed by atoms with Crippen LogP contribution in [0.3, 0.4) is 0 Å². The van der Waals surface area contributed by atoms with Gasteiger partial charge in [0.05, 0.1) is 0 Å². The van der Waals surface area contributed by atoms with E-state index in [1.165, 1.54) is 13.8 Å². The van der Waals surface area contributed by atoms with Gasteiger partial charge >= 0.3 is 11.9 Å². The van der Waals surface area contributed by atoms with Gasteiger partial charge in [0.15, 0.2) is 18.0 Å². The minimum Gasteiger partial charge on any atom is -0.461 e. The first-order chi connectivity index (χ1) is 11.1. The standard InChI is InChI=1S/C16H22O8/c1-8(17)5-6-10(9(2)18)14(19)21-7-11-12-13(15(20)22-11)24-16(3,4)23-12/h10-13H,5-7H2,1-4H3/t10?,11-,12-,13-/m1/s1. The Bertz CT molecular complexity index is 552. The lowest BCUT2D eigenvalue weighted by molar-refractivity contribution is -0.191. The lowest BCUT2D eigenvalue weighted by Gasteiger charge is -2.21. The molecule has 2 saturated heterocycles. The van der Waals surface area contributed by atoms with Crippen molar-refractivity contribution in [2.75, 3.05) is 6.61 Å². The van der Waals surface area contributed by atoms with E-state index in [1.807, 2.05) is 0 Å². The second-order valence-electron chi connectivity index (χ2n) is 6.53. The van der Waals surface area contributed by atoms with E-state index in [9.17, 15) is 19.2 Å². The topological polar surface area (TPSA) is 105 Å². The van der Waals surface area contributed by atoms with E-state index in [-0.39, 0.29) is 31.0 Å². The minimum absolute atomic E-state index is 0.104. The molecule has 0 N–H and O–H groups in total. The van der Waals surface area contributed by atoms with Crippen LogP contribution >= 0.6 is 0 Å². The van der Waals surface area contributed by atoms with Gasteiger partial charge in [-0.3, -0.25) is 9.59 Å². The van der Waals surface area contributed by atoms with Crippen LogP contribution in [0.25, 0.3) is 0 Å². The third-order valence-corrected chi connectivity index (χ3v) is 3.95. The zero-order chi connectivity index (χ0) is 18.1. The molecule has 2 fully saturated rings. The van der Waals surface area contributed by atoms with Gasteiger partial charge in [-0.15, -0.1) is 0 Å². The van der Waals surface area contributed by atoms with Crippen LogP contribution in [0.15, 0.2) is 0 Å². The molecule has 4 atom stereocenters. The van der Waals surface area contributed by atoms with Gasteiger partial charge in [0.2, 0.25) is 0 Å². The molecule has 2 aliphatic heterocycles. The van der Waals surface area contributed by atoms with Crippen molar-refractivity contribution in [2.45, 2.75) is 64.6 Å². The fourth-order valence-electron chi connectivity index (χ4n) is 2.75. The molecule has 0 saturated carbocycles. The lowest BCUT2D eigenvalue weighted by atomic mass is 9.98. The number of Topliss-reactive ketones (excluding diaryl/α,β-unsaturated/α-hetero) is 2. The summed E-state index contributed by atoms with van der Waals surface area (Å²) in [5.41, 5.74) is 0. The average molecular weight is 342 g/mol. The van der Waals surface area contributed by atoms with Gasteiger partial charge < -0.3 is 23.7 Å². The Balaban J connectivity index is 1.92. The van der Waals surface area contributed by atoms with Crippen molar-refractivity contribution in [1.29, 1.82) is 0 Å². The van der Waals surface area contributed by atoms with Gasteiger partial charge in [-0.25, -0.2) is 4.79 Å². The van der Waals surface area contributed by atoms with Gasteiger partial charge in [-0.05, 0) is 34.1 Å². The highest BCUT2D eigenvalue weighted by atomic mass is 16.8. The van der Waals surface area contributed by atoms with Crippen molar-refractivity contribution in [3.8, 4) is 0 Å². The van der Waals surface area contributed by atoms with Crippen molar-refractivity contribution in [3.63, 3.8) is 0 Å². The predicted molar refractivity (Wildman–Crippen MR) is 78.8 cm³/mol. The molecular weight excluding hydrogens is 320 g/mol. The SMILES string of the molecule is CC(=O)CCC(C(C)=O)C(=O)OC[C@H]1OC(=O)[C@@H]2OC(C)(C)O[C@H]12. The van der Waals surface area contributed by atoms with Crippen LogP contribution in [0.1, 0.15) is 40.5 Å². The minimum atomic E-state index is -1.00. The van der Waals surface area contributed by atoms with E-state index >= 15 is 0 Å². The second-order valence-corrected chi connectivity index (χ2v) is 6.53. The molecule has 0 bridgehead atoms. The third kappa shape index (κ3) is 4.18. The van der Waals surface area contributed by atoms with Crippen LogP contribution in [0.2, 0.25) is 0 Å². The molecule has 8 heteroatoms. The Morgan fingerprint density at radius 1 is 1.21 bits per heavy atom. The maximum atomic E-state index is 12.1. The smallest absolute Gasteiger partial charge is 0.338 e. The van der Waals surface area contributed by atoms with Crippen molar-refractivity contribution in [2.24, 2.45) is 5.92 Å². The molecule has 0 amide bonds. The van der Waals surface area contributed by atoms with Crippen molar-refractivity contribution >= 4 is 23.5 Å². The molecule has 1 unspecified atom stereocenters. The molecule has 24 heavy (non-hydrogen) atoms. The highest BCUT2D eigenvalue weighted by Crippen LogP contribution is 2.36. The normalized spacial score (nSPS) is 28.8. The van der Waals surface area contributed by atoms with Crippen LogP contribution in [0, 0.1) is 5.92 Å². The average Bonchev–Trinajstić information content (AvgIpc) is 2.91. The summed E-state index contributed by atoms with van der Waals surface area (Å²) in [5.74, 6) is -3.70. The number of hydrogen-bond donors (Lipinski definition) is 0. The number of rotatable bonds is 7. The molecule has 2 heterocycles. The lowest BCUT2D eigenvalue weighted by Crippen LogP contribution is -2.35. The van der Waals surface area contributed by atoms with Crippen LogP contribution in [-0.4, -0.2) is 54.2 Å². The molecule has 8 nitrogen and oxygen atoms in total. The summed E-state index contributed by atoms with van der Waals surface area (Å²) < 4.78 is 21.3. The first kappa shape index (κ1) is 18.5. The zero-order valence-corrected chi connectivity index (χ0v) is 14.2. The van der Waals surface area contributed by atoms with Crippen LogP contribution in [0.5, 0.6) is 0 Å². The van der Waals surface area contributed by atoms with Crippen molar-refractivity contribution in [1.82, 2.24) is 0 Å². The molecular formula is C16H22O8. The summed E-state index contributed by atoms with van der Waals surface area (Å²) in [6, 6.07) is 0. The van der Waals surface area contributed by atoms with Gasteiger partial charge in [0.25, 0.3) is 0 Å². The predicted octanol–water partition coefficient (Wildman–Crippen LogP) is 0.549. The molecule has 0 aromatic heterocycles. The Morgan fingerprint density at radius 2 is 1.88 bits per heavy atom. The van der Waals surface area contributed by atoms with Gasteiger partial charge in [-0.2, -0.15) is 0 Å². The summed E-state index contributed by atoms with van der Waals surface area (Å²) in [6.45, 7) is 5.79. The van der Waals surface area contributed by atoms with E-state index in [4.69, 9.17) is 18.9 Å². The number of ether oxygens (including phenoxy) is 4. The molecule has 0 radical (unpaired) electrons. The largest absolute Gasteiger partial charge is 0.461 e. The van der Waals surface area contributed by atoms with Crippen LogP contribution < -0.4 is 0 Å². The van der Waals surface area contributed by atoms with Gasteiger partial charge in [0, 0.05) is 6.42 Å². The van der Waals surface area contributed by atoms with E-state index in [0.29, 0.717) is 0 Å². The number of carbonyl (C=O) groups excluding carboxylic acids is 4. The van der Waals surface area contributed by atoms with E-state index < -0.39 is 42.0 Å². The number of esters is 2. The maximum absolute atomic E-state index is 12.1. The molecule has 0 aliphatic carbocycles. The van der Waals surface area contributed by atoms with Gasteiger partial charge in [0.1, 0.15) is 30.2 Å². The van der Waals surface area contributed by atoms with E-state index in [0.717, 1.165) is 0 Å². The Morgan fingerprint density at radius 3 is 2.46 bits per heavy atom. The van der Waals surface area contributed by atoms with Crippen LogP contribution in [-0.2, 0) is 38.1 Å². The number of cyclic esters (lactones) is 1. The van der Waals surface area contributed by atoms with Crippen molar-refractivity contribution < 1.29 is 38.1 Å². The molecule has 134 valence electrons. The molecule has 0 aromatic rings. The fraction of sp³-hybridized carbons (Fsp3) is 0.750. The second kappa shape index (κ2) is 6.98. The number of hydrogen-bond acceptors (Lipinski definition) is 8. The number of carbonyl (C=O) groups is 4. The van der Waals surface area contributed by atoms with E-state index in [2.05, 4.69) is 0 Å².